The Kier molecular flexibility index (Phi) is 3.83. The number of hydrogen-bond acceptors (Lipinski definition) is 3. The highest BCUT2D eigenvalue weighted by atomic mass is 16.1. The largest absolute Gasteiger partial charge is 0.353 e. The summed E-state index contributed by atoms with van der Waals surface area (Å²) in [7, 11) is 2.03. The van der Waals surface area contributed by atoms with Gasteiger partial charge in [-0.1, -0.05) is 18.2 Å². The van der Waals surface area contributed by atoms with Gasteiger partial charge in [-0.15, -0.1) is 0 Å². The highest BCUT2D eigenvalue weighted by Crippen LogP contribution is 2.27. The molecule has 1 aliphatic carbocycles. The van der Waals surface area contributed by atoms with E-state index in [1.165, 1.54) is 17.3 Å². The SMILES string of the molecule is Cn1cc(CC(=O)NC2CCC3CNNC3C2)c2ccccc21. The number of nitrogens with zero attached hydrogens (tertiary/aromatic N) is 1. The van der Waals surface area contributed by atoms with Crippen LogP contribution in [0.2, 0.25) is 0 Å². The number of amides is 1. The minimum absolute atomic E-state index is 0.135. The molecular weight excluding hydrogens is 288 g/mol. The van der Waals surface area contributed by atoms with Crippen LogP contribution in [0.1, 0.15) is 24.8 Å². The molecule has 3 N–H and O–H groups in total. The molecule has 2 fully saturated rings. The Morgan fingerprint density at radius 1 is 1.35 bits per heavy atom. The van der Waals surface area contributed by atoms with Gasteiger partial charge in [-0.3, -0.25) is 15.6 Å². The first-order valence-corrected chi connectivity index (χ1v) is 8.51. The molecule has 1 amide bonds. The molecule has 1 saturated heterocycles. The van der Waals surface area contributed by atoms with Crippen molar-refractivity contribution in [2.45, 2.75) is 37.8 Å². The van der Waals surface area contributed by atoms with Crippen LogP contribution in [0.4, 0.5) is 0 Å². The van der Waals surface area contributed by atoms with Gasteiger partial charge in [-0.05, 0) is 36.8 Å². The van der Waals surface area contributed by atoms with Crippen LogP contribution in [-0.4, -0.2) is 29.1 Å². The Balaban J connectivity index is 1.41. The van der Waals surface area contributed by atoms with Gasteiger partial charge < -0.3 is 9.88 Å². The summed E-state index contributed by atoms with van der Waals surface area (Å²) in [6.45, 7) is 1.06. The molecule has 3 atom stereocenters. The van der Waals surface area contributed by atoms with E-state index in [2.05, 4.69) is 39.1 Å². The number of aryl methyl sites for hydroxylation is 1. The molecule has 5 nitrogen and oxygen atoms in total. The zero-order valence-electron chi connectivity index (χ0n) is 13.5. The molecule has 0 radical (unpaired) electrons. The van der Waals surface area contributed by atoms with Crippen LogP contribution in [0, 0.1) is 5.92 Å². The molecule has 23 heavy (non-hydrogen) atoms. The lowest BCUT2D eigenvalue weighted by Gasteiger charge is -2.31. The molecule has 0 spiro atoms. The quantitative estimate of drug-likeness (QED) is 0.805. The smallest absolute Gasteiger partial charge is 0.224 e. The van der Waals surface area contributed by atoms with Gasteiger partial charge in [0.05, 0.1) is 6.42 Å². The summed E-state index contributed by atoms with van der Waals surface area (Å²) in [5, 5.41) is 4.41. The number of rotatable bonds is 3. The summed E-state index contributed by atoms with van der Waals surface area (Å²) >= 11 is 0. The van der Waals surface area contributed by atoms with Gasteiger partial charge >= 0.3 is 0 Å². The topological polar surface area (TPSA) is 58.1 Å². The summed E-state index contributed by atoms with van der Waals surface area (Å²) in [6, 6.07) is 9.06. The monoisotopic (exact) mass is 312 g/mol. The number of carbonyl (C=O) groups excluding carboxylic acids is 1. The van der Waals surface area contributed by atoms with Crippen LogP contribution < -0.4 is 16.2 Å². The minimum Gasteiger partial charge on any atom is -0.353 e. The third kappa shape index (κ3) is 2.86. The first-order valence-electron chi connectivity index (χ1n) is 8.51. The van der Waals surface area contributed by atoms with Gasteiger partial charge in [0.1, 0.15) is 0 Å². The first-order chi connectivity index (χ1) is 11.2. The number of aromatic nitrogens is 1. The Bertz CT molecular complexity index is 723. The lowest BCUT2D eigenvalue weighted by molar-refractivity contribution is -0.121. The summed E-state index contributed by atoms with van der Waals surface area (Å²) in [6.07, 6.45) is 5.83. The Morgan fingerprint density at radius 2 is 2.22 bits per heavy atom. The molecule has 4 rings (SSSR count). The van der Waals surface area contributed by atoms with Gasteiger partial charge in [-0.25, -0.2) is 0 Å². The second-order valence-corrected chi connectivity index (χ2v) is 6.93. The average molecular weight is 312 g/mol. The molecule has 1 saturated carbocycles. The number of benzene rings is 1. The van der Waals surface area contributed by atoms with E-state index in [0.29, 0.717) is 18.5 Å². The van der Waals surface area contributed by atoms with E-state index in [1.54, 1.807) is 0 Å². The summed E-state index contributed by atoms with van der Waals surface area (Å²) < 4.78 is 2.09. The fourth-order valence-electron chi connectivity index (χ4n) is 4.12. The van der Waals surface area contributed by atoms with E-state index in [1.807, 2.05) is 19.2 Å². The number of carbonyl (C=O) groups is 1. The molecule has 2 heterocycles. The summed E-state index contributed by atoms with van der Waals surface area (Å²) in [5.41, 5.74) is 8.85. The first kappa shape index (κ1) is 14.7. The third-order valence-electron chi connectivity index (χ3n) is 5.34. The summed E-state index contributed by atoms with van der Waals surface area (Å²) in [5.74, 6) is 0.858. The molecule has 5 heteroatoms. The van der Waals surface area contributed by atoms with Crippen molar-refractivity contribution in [3.05, 3.63) is 36.0 Å². The van der Waals surface area contributed by atoms with Crippen molar-refractivity contribution in [2.75, 3.05) is 6.54 Å². The number of nitrogens with one attached hydrogen (secondary N) is 3. The van der Waals surface area contributed by atoms with Crippen molar-refractivity contribution in [3.63, 3.8) is 0 Å². The maximum Gasteiger partial charge on any atom is 0.224 e. The van der Waals surface area contributed by atoms with Crippen molar-refractivity contribution >= 4 is 16.8 Å². The standard InChI is InChI=1S/C18H24N4O/c1-22-11-13(15-4-2-3-5-17(15)22)8-18(23)20-14-7-6-12-10-19-21-16(12)9-14/h2-5,11-12,14,16,19,21H,6-10H2,1H3,(H,20,23). The van der Waals surface area contributed by atoms with E-state index in [9.17, 15) is 4.79 Å². The van der Waals surface area contributed by atoms with Crippen molar-refractivity contribution in [2.24, 2.45) is 13.0 Å². The number of fused-ring (bicyclic) bond motifs is 2. The van der Waals surface area contributed by atoms with Crippen molar-refractivity contribution in [1.82, 2.24) is 20.7 Å². The Labute approximate surface area is 136 Å². The predicted molar refractivity (Wildman–Crippen MR) is 90.8 cm³/mol. The number of para-hydroxylation sites is 1. The van der Waals surface area contributed by atoms with Crippen molar-refractivity contribution in [1.29, 1.82) is 0 Å². The Morgan fingerprint density at radius 3 is 3.13 bits per heavy atom. The molecule has 2 aliphatic rings. The highest BCUT2D eigenvalue weighted by molar-refractivity contribution is 5.89. The van der Waals surface area contributed by atoms with E-state index >= 15 is 0 Å². The zero-order valence-corrected chi connectivity index (χ0v) is 13.5. The fourth-order valence-corrected chi connectivity index (χ4v) is 4.12. The van der Waals surface area contributed by atoms with Crippen LogP contribution in [0.25, 0.3) is 10.9 Å². The molecule has 1 aliphatic heterocycles. The van der Waals surface area contributed by atoms with Crippen LogP contribution in [0.5, 0.6) is 0 Å². The van der Waals surface area contributed by atoms with E-state index in [-0.39, 0.29) is 5.91 Å². The van der Waals surface area contributed by atoms with E-state index < -0.39 is 0 Å². The zero-order chi connectivity index (χ0) is 15.8. The van der Waals surface area contributed by atoms with Gasteiger partial charge in [0.25, 0.3) is 0 Å². The molecule has 2 aromatic rings. The van der Waals surface area contributed by atoms with Crippen molar-refractivity contribution < 1.29 is 4.79 Å². The van der Waals surface area contributed by atoms with Gasteiger partial charge in [0.15, 0.2) is 0 Å². The predicted octanol–water partition coefficient (Wildman–Crippen LogP) is 1.48. The molecule has 3 unspecified atom stereocenters. The normalized spacial score (nSPS) is 27.1. The number of hydrogen-bond donors (Lipinski definition) is 3. The molecule has 1 aromatic heterocycles. The second kappa shape index (κ2) is 5.98. The number of hydrazine groups is 1. The molecule has 122 valence electrons. The average Bonchev–Trinajstić information content (AvgIpc) is 3.12. The maximum atomic E-state index is 12.5. The van der Waals surface area contributed by atoms with Crippen LogP contribution >= 0.6 is 0 Å². The lowest BCUT2D eigenvalue weighted by atomic mass is 9.83. The molecule has 0 bridgehead atoms. The third-order valence-corrected chi connectivity index (χ3v) is 5.34. The van der Waals surface area contributed by atoms with Crippen LogP contribution in [0.3, 0.4) is 0 Å². The summed E-state index contributed by atoms with van der Waals surface area (Å²) in [4.78, 5) is 12.5. The molecular formula is C18H24N4O. The fraction of sp³-hybridized carbons (Fsp3) is 0.500. The van der Waals surface area contributed by atoms with Gasteiger partial charge in [-0.2, -0.15) is 0 Å². The highest BCUT2D eigenvalue weighted by Gasteiger charge is 2.34. The molecule has 1 aromatic carbocycles. The Hall–Kier alpha value is -1.85. The van der Waals surface area contributed by atoms with Crippen LogP contribution in [0.15, 0.2) is 30.5 Å². The maximum absolute atomic E-state index is 12.5. The second-order valence-electron chi connectivity index (χ2n) is 6.93. The minimum atomic E-state index is 0.135. The van der Waals surface area contributed by atoms with Gasteiger partial charge in [0.2, 0.25) is 5.91 Å². The van der Waals surface area contributed by atoms with Gasteiger partial charge in [0, 0.05) is 42.8 Å². The van der Waals surface area contributed by atoms with Crippen LogP contribution in [-0.2, 0) is 18.3 Å². The van der Waals surface area contributed by atoms with E-state index in [4.69, 9.17) is 0 Å². The van der Waals surface area contributed by atoms with E-state index in [0.717, 1.165) is 30.9 Å². The lowest BCUT2D eigenvalue weighted by Crippen LogP contribution is -2.45. The van der Waals surface area contributed by atoms with Crippen molar-refractivity contribution in [3.8, 4) is 0 Å².